The number of thiazole rings is 1. The molecule has 0 saturated heterocycles. The lowest BCUT2D eigenvalue weighted by atomic mass is 10.1. The predicted octanol–water partition coefficient (Wildman–Crippen LogP) is 3.40. The molecule has 3 rings (SSSR count). The van der Waals surface area contributed by atoms with Crippen LogP contribution < -0.4 is 9.04 Å². The van der Waals surface area contributed by atoms with Gasteiger partial charge >= 0.3 is 0 Å². The molecular formula is C16H18N2O4S2. The zero-order valence-electron chi connectivity index (χ0n) is 13.6. The van der Waals surface area contributed by atoms with E-state index in [2.05, 4.69) is 4.98 Å². The van der Waals surface area contributed by atoms with Crippen molar-refractivity contribution in [1.82, 2.24) is 4.98 Å². The Balaban J connectivity index is 2.31. The van der Waals surface area contributed by atoms with Crippen LogP contribution in [-0.2, 0) is 10.0 Å². The lowest BCUT2D eigenvalue weighted by Gasteiger charge is -2.28. The molecule has 1 aromatic carbocycles. The van der Waals surface area contributed by atoms with Gasteiger partial charge in [0.05, 0.1) is 6.61 Å². The van der Waals surface area contributed by atoms with Crippen LogP contribution in [0.25, 0.3) is 10.7 Å². The summed E-state index contributed by atoms with van der Waals surface area (Å²) in [7, 11) is -3.90. The Labute approximate surface area is 145 Å². The molecule has 2 heterocycles. The topological polar surface area (TPSA) is 79.7 Å². The predicted molar refractivity (Wildman–Crippen MR) is 95.8 cm³/mol. The zero-order chi connectivity index (χ0) is 17.5. The van der Waals surface area contributed by atoms with Gasteiger partial charge in [0.1, 0.15) is 9.78 Å². The molecule has 0 aliphatic carbocycles. The summed E-state index contributed by atoms with van der Waals surface area (Å²) in [6.07, 6.45) is 0. The van der Waals surface area contributed by atoms with Crippen molar-refractivity contribution in [3.05, 3.63) is 40.3 Å². The molecule has 1 aliphatic heterocycles. The number of aryl methyl sites for hydroxylation is 1. The van der Waals surface area contributed by atoms with Crippen molar-refractivity contribution in [1.29, 1.82) is 0 Å². The quantitative estimate of drug-likeness (QED) is 0.897. The highest BCUT2D eigenvalue weighted by Gasteiger charge is 2.40. The van der Waals surface area contributed by atoms with Gasteiger partial charge in [0, 0.05) is 12.1 Å². The largest absolute Gasteiger partial charge is 0.505 e. The number of anilines is 1. The number of fused-ring (bicyclic) bond motifs is 1. The molecule has 0 bridgehead atoms. The van der Waals surface area contributed by atoms with Crippen LogP contribution in [0.2, 0.25) is 0 Å². The van der Waals surface area contributed by atoms with Gasteiger partial charge in [-0.2, -0.15) is 4.98 Å². The van der Waals surface area contributed by atoms with E-state index < -0.39 is 10.0 Å². The minimum atomic E-state index is -3.90. The number of hydrogen-bond donors (Lipinski definition) is 1. The van der Waals surface area contributed by atoms with Crippen molar-refractivity contribution >= 4 is 37.8 Å². The van der Waals surface area contributed by atoms with Gasteiger partial charge in [-0.15, -0.1) is 0 Å². The summed E-state index contributed by atoms with van der Waals surface area (Å²) in [5.74, 6) is -0.0479. The van der Waals surface area contributed by atoms with Crippen LogP contribution in [0.1, 0.15) is 29.9 Å². The van der Waals surface area contributed by atoms with Gasteiger partial charge < -0.3 is 9.84 Å². The smallest absolute Gasteiger partial charge is 0.275 e. The molecular weight excluding hydrogens is 348 g/mol. The van der Waals surface area contributed by atoms with E-state index in [9.17, 15) is 13.5 Å². The number of nitrogens with zero attached hydrogens (tertiary/aromatic N) is 2. The van der Waals surface area contributed by atoms with Crippen molar-refractivity contribution in [2.75, 3.05) is 17.5 Å². The molecule has 0 saturated carbocycles. The van der Waals surface area contributed by atoms with Gasteiger partial charge in [-0.3, -0.25) is 0 Å². The fraction of sp³-hybridized carbons (Fsp3) is 0.312. The number of ether oxygens (including phenoxy) is 1. The summed E-state index contributed by atoms with van der Waals surface area (Å²) >= 11 is 1.14. The van der Waals surface area contributed by atoms with Gasteiger partial charge in [0.2, 0.25) is 0 Å². The fourth-order valence-corrected chi connectivity index (χ4v) is 5.49. The first-order valence-electron chi connectivity index (χ1n) is 7.57. The third-order valence-corrected chi connectivity index (χ3v) is 6.65. The van der Waals surface area contributed by atoms with E-state index in [1.807, 2.05) is 26.0 Å². The molecule has 0 unspecified atom stereocenters. The van der Waals surface area contributed by atoms with Gasteiger partial charge in [0.25, 0.3) is 15.2 Å². The summed E-state index contributed by atoms with van der Waals surface area (Å²) in [6, 6.07) is 7.09. The molecule has 24 heavy (non-hydrogen) atoms. The van der Waals surface area contributed by atoms with E-state index in [-0.39, 0.29) is 23.0 Å². The highest BCUT2D eigenvalue weighted by atomic mass is 32.2. The molecule has 0 amide bonds. The number of aliphatic hydroxyl groups excluding tert-OH is 1. The van der Waals surface area contributed by atoms with Crippen LogP contribution in [0, 0.1) is 6.92 Å². The van der Waals surface area contributed by atoms with Gasteiger partial charge in [0.15, 0.2) is 11.6 Å². The number of hydrogen-bond acceptors (Lipinski definition) is 6. The number of benzene rings is 1. The first kappa shape index (κ1) is 16.8. The molecule has 0 atom stereocenters. The maximum absolute atomic E-state index is 13.1. The van der Waals surface area contributed by atoms with Crippen LogP contribution in [0.3, 0.4) is 0 Å². The van der Waals surface area contributed by atoms with E-state index in [1.165, 1.54) is 4.31 Å². The molecule has 2 aromatic rings. The van der Waals surface area contributed by atoms with Crippen LogP contribution in [0.15, 0.2) is 24.3 Å². The molecule has 1 N–H and O–H groups in total. The normalized spacial score (nSPS) is 16.2. The Bertz CT molecular complexity index is 916. The zero-order valence-corrected chi connectivity index (χ0v) is 15.2. The van der Waals surface area contributed by atoms with Crippen molar-refractivity contribution in [3.63, 3.8) is 0 Å². The maximum atomic E-state index is 13.1. The van der Waals surface area contributed by atoms with Crippen molar-refractivity contribution < 1.29 is 18.3 Å². The number of aromatic nitrogens is 1. The van der Waals surface area contributed by atoms with Crippen LogP contribution >= 0.6 is 11.3 Å². The van der Waals surface area contributed by atoms with Crippen LogP contribution in [0.5, 0.6) is 5.19 Å². The van der Waals surface area contributed by atoms with E-state index in [1.54, 1.807) is 19.1 Å². The molecule has 0 radical (unpaired) electrons. The third-order valence-electron chi connectivity index (χ3n) is 3.75. The third kappa shape index (κ3) is 2.46. The van der Waals surface area contributed by atoms with Gasteiger partial charge in [-0.25, -0.2) is 12.7 Å². The standard InChI is InChI=1S/C16H18N2O4S2/c1-4-18-15-13(23-16(17-15)22-5-2)12(19)14(24(18,20)21)11-9-7-6-8-10(11)3/h6-9,19H,4-5H2,1-3H3. The van der Waals surface area contributed by atoms with Crippen molar-refractivity contribution in [2.45, 2.75) is 20.8 Å². The molecule has 128 valence electrons. The van der Waals surface area contributed by atoms with E-state index in [4.69, 9.17) is 4.74 Å². The molecule has 6 nitrogen and oxygen atoms in total. The summed E-state index contributed by atoms with van der Waals surface area (Å²) in [5.41, 5.74) is 1.27. The number of sulfonamides is 1. The Morgan fingerprint density at radius 3 is 2.62 bits per heavy atom. The Morgan fingerprint density at radius 2 is 2.00 bits per heavy atom. The van der Waals surface area contributed by atoms with Crippen molar-refractivity contribution in [2.24, 2.45) is 0 Å². The lowest BCUT2D eigenvalue weighted by Crippen LogP contribution is -2.35. The average Bonchev–Trinajstić information content (AvgIpc) is 2.93. The fourth-order valence-electron chi connectivity index (χ4n) is 2.66. The van der Waals surface area contributed by atoms with E-state index >= 15 is 0 Å². The molecule has 8 heteroatoms. The second-order valence-electron chi connectivity index (χ2n) is 5.23. The summed E-state index contributed by atoms with van der Waals surface area (Å²) in [6.45, 7) is 6.00. The maximum Gasteiger partial charge on any atom is 0.275 e. The molecule has 0 fully saturated rings. The highest BCUT2D eigenvalue weighted by molar-refractivity contribution is 8.02. The Kier molecular flexibility index (Phi) is 4.27. The van der Waals surface area contributed by atoms with Crippen LogP contribution in [-0.4, -0.2) is 31.7 Å². The lowest BCUT2D eigenvalue weighted by molar-refractivity contribution is 0.338. The minimum Gasteiger partial charge on any atom is -0.505 e. The Morgan fingerprint density at radius 1 is 1.29 bits per heavy atom. The van der Waals surface area contributed by atoms with E-state index in [0.29, 0.717) is 22.2 Å². The van der Waals surface area contributed by atoms with Crippen LogP contribution in [0.4, 0.5) is 5.82 Å². The first-order chi connectivity index (χ1) is 11.4. The molecule has 0 spiro atoms. The number of rotatable bonds is 4. The average molecular weight is 366 g/mol. The molecule has 1 aliphatic rings. The summed E-state index contributed by atoms with van der Waals surface area (Å²) in [5, 5.41) is 11.1. The second-order valence-corrected chi connectivity index (χ2v) is 7.99. The van der Waals surface area contributed by atoms with E-state index in [0.717, 1.165) is 16.9 Å². The highest BCUT2D eigenvalue weighted by Crippen LogP contribution is 2.46. The minimum absolute atomic E-state index is 0.0818. The molecule has 1 aromatic heterocycles. The van der Waals surface area contributed by atoms with Gasteiger partial charge in [-0.05, 0) is 26.3 Å². The van der Waals surface area contributed by atoms with Gasteiger partial charge in [-0.1, -0.05) is 35.6 Å². The monoisotopic (exact) mass is 366 g/mol. The summed E-state index contributed by atoms with van der Waals surface area (Å²) in [4.78, 5) is 4.57. The first-order valence-corrected chi connectivity index (χ1v) is 9.83. The SMILES string of the molecule is CCOc1nc2c(s1)C(O)=C(c1ccccc1C)S(=O)(=O)N2CC. The van der Waals surface area contributed by atoms with Crippen molar-refractivity contribution in [3.8, 4) is 5.19 Å². The Hall–Kier alpha value is -2.06. The second kappa shape index (κ2) is 6.10. The number of aliphatic hydroxyl groups is 1. The summed E-state index contributed by atoms with van der Waals surface area (Å²) < 4.78 is 32.7.